The number of cyclic esters (lactones) is 1. The van der Waals surface area contributed by atoms with E-state index in [1.165, 1.54) is 0 Å². The van der Waals surface area contributed by atoms with Gasteiger partial charge in [-0.2, -0.15) is 0 Å². The minimum atomic E-state index is -0.960. The number of hydrogen-bond donors (Lipinski definition) is 2. The summed E-state index contributed by atoms with van der Waals surface area (Å²) in [4.78, 5) is 29.9. The Balaban J connectivity index is 1.30. The second-order valence-electron chi connectivity index (χ2n) is 13.1. The predicted molar refractivity (Wildman–Crippen MR) is 161 cm³/mol. The van der Waals surface area contributed by atoms with Gasteiger partial charge in [0.1, 0.15) is 35.9 Å². The molecule has 1 aromatic rings. The summed E-state index contributed by atoms with van der Waals surface area (Å²) in [6, 6.07) is 0. The number of esters is 2. The summed E-state index contributed by atoms with van der Waals surface area (Å²) in [7, 11) is 0. The van der Waals surface area contributed by atoms with Gasteiger partial charge in [-0.25, -0.2) is 9.78 Å². The fraction of sp³-hybridized carbons (Fsp3) is 0.618. The molecule has 3 saturated heterocycles. The molecule has 11 atom stereocenters. The summed E-state index contributed by atoms with van der Waals surface area (Å²) in [5.41, 5.74) is 1.49. The van der Waals surface area contributed by atoms with Gasteiger partial charge in [0.05, 0.1) is 18.3 Å². The van der Waals surface area contributed by atoms with Crippen molar-refractivity contribution in [3.05, 3.63) is 59.4 Å². The molecule has 10 heteroatoms. The molecule has 5 rings (SSSR count). The maximum Gasteiger partial charge on any atom is 0.338 e. The number of allylic oxidation sites excluding steroid dienone is 4. The smallest absolute Gasteiger partial charge is 0.338 e. The van der Waals surface area contributed by atoms with Crippen molar-refractivity contribution in [3.8, 4) is 0 Å². The van der Waals surface area contributed by atoms with E-state index < -0.39 is 41.9 Å². The first-order valence-corrected chi connectivity index (χ1v) is 15.6. The average molecular weight is 612 g/mol. The summed E-state index contributed by atoms with van der Waals surface area (Å²) in [6.07, 6.45) is 10.2. The fourth-order valence-corrected chi connectivity index (χ4v) is 6.25. The standard InChI is InChI=1S/C34H45NO9/c1-18(12-24-17-40-22(5)35-24)8-7-9-20(3)31(38)21(4)26-16-28(36)34(6)29(44-34)11-10-19(2)25-13-23(15-30(37)41-25)14-27-32(42-27)33(39)43-26/h7-12,17,19,21,23,25-29,31-32,36,38H,13-16H2,1-6H3/b8-7+,11-10+,18-12+,20-9+/t19-,21-,23+,25-,26+,27+,28+,29-,31+,32-,34-/m1/s1. The highest BCUT2D eigenvalue weighted by molar-refractivity contribution is 5.78. The van der Waals surface area contributed by atoms with Crippen LogP contribution < -0.4 is 0 Å². The van der Waals surface area contributed by atoms with Crippen LogP contribution in [0.4, 0.5) is 0 Å². The number of hydrogen-bond acceptors (Lipinski definition) is 10. The Morgan fingerprint density at radius 2 is 1.89 bits per heavy atom. The topological polar surface area (TPSA) is 144 Å². The predicted octanol–water partition coefficient (Wildman–Crippen LogP) is 4.39. The van der Waals surface area contributed by atoms with E-state index >= 15 is 0 Å². The maximum atomic E-state index is 13.2. The molecule has 3 fully saturated rings. The van der Waals surface area contributed by atoms with Crippen LogP contribution in [0.3, 0.4) is 0 Å². The van der Waals surface area contributed by atoms with Crippen molar-refractivity contribution in [1.29, 1.82) is 0 Å². The zero-order valence-corrected chi connectivity index (χ0v) is 26.3. The Kier molecular flexibility index (Phi) is 9.65. The van der Waals surface area contributed by atoms with Crippen LogP contribution in [0.25, 0.3) is 6.08 Å². The normalized spacial score (nSPS) is 38.6. The third-order valence-electron chi connectivity index (χ3n) is 9.42. The lowest BCUT2D eigenvalue weighted by atomic mass is 9.84. The molecular weight excluding hydrogens is 566 g/mol. The molecule has 4 aliphatic heterocycles. The molecule has 44 heavy (non-hydrogen) atoms. The first-order chi connectivity index (χ1) is 20.8. The lowest BCUT2D eigenvalue weighted by Gasteiger charge is -2.32. The summed E-state index contributed by atoms with van der Waals surface area (Å²) in [6.45, 7) is 11.2. The highest BCUT2D eigenvalue weighted by atomic mass is 16.6. The Hall–Kier alpha value is -3.05. The number of carbonyl (C=O) groups excluding carboxylic acids is 2. The molecule has 2 N–H and O–H groups in total. The second-order valence-corrected chi connectivity index (χ2v) is 13.1. The fourth-order valence-electron chi connectivity index (χ4n) is 6.25. The Morgan fingerprint density at radius 3 is 2.61 bits per heavy atom. The summed E-state index contributed by atoms with van der Waals surface area (Å²) in [5, 5.41) is 22.6. The van der Waals surface area contributed by atoms with Crippen molar-refractivity contribution in [2.75, 3.05) is 0 Å². The highest BCUT2D eigenvalue weighted by Crippen LogP contribution is 2.44. The van der Waals surface area contributed by atoms with Crippen LogP contribution in [0.2, 0.25) is 0 Å². The Morgan fingerprint density at radius 1 is 1.14 bits per heavy atom. The summed E-state index contributed by atoms with van der Waals surface area (Å²) < 4.78 is 28.5. The zero-order valence-electron chi connectivity index (χ0n) is 26.3. The summed E-state index contributed by atoms with van der Waals surface area (Å²) in [5.74, 6) is -0.684. The minimum absolute atomic E-state index is 0.0290. The largest absolute Gasteiger partial charge is 0.462 e. The van der Waals surface area contributed by atoms with Crippen molar-refractivity contribution < 1.29 is 43.2 Å². The second kappa shape index (κ2) is 13.1. The number of epoxide rings is 2. The van der Waals surface area contributed by atoms with Gasteiger partial charge in [0.25, 0.3) is 0 Å². The first kappa shape index (κ1) is 32.3. The van der Waals surface area contributed by atoms with Crippen LogP contribution in [-0.2, 0) is 28.5 Å². The molecule has 240 valence electrons. The van der Waals surface area contributed by atoms with Gasteiger partial charge in [0.15, 0.2) is 12.0 Å². The highest BCUT2D eigenvalue weighted by Gasteiger charge is 2.57. The molecule has 0 saturated carbocycles. The molecule has 4 aliphatic rings. The zero-order chi connectivity index (χ0) is 31.8. The van der Waals surface area contributed by atoms with Crippen LogP contribution in [0, 0.1) is 24.7 Å². The van der Waals surface area contributed by atoms with Crippen molar-refractivity contribution >= 4 is 18.0 Å². The summed E-state index contributed by atoms with van der Waals surface area (Å²) >= 11 is 0. The number of rotatable bonds is 6. The van der Waals surface area contributed by atoms with Gasteiger partial charge < -0.3 is 33.6 Å². The number of ether oxygens (including phenoxy) is 4. The van der Waals surface area contributed by atoms with Crippen LogP contribution in [-0.4, -0.2) is 75.5 Å². The van der Waals surface area contributed by atoms with Gasteiger partial charge in [-0.05, 0) is 56.8 Å². The van der Waals surface area contributed by atoms with E-state index in [1.54, 1.807) is 20.1 Å². The lowest BCUT2D eigenvalue weighted by molar-refractivity contribution is -0.159. The number of aromatic nitrogens is 1. The molecule has 0 unspecified atom stereocenters. The van der Waals surface area contributed by atoms with E-state index in [0.717, 1.165) is 11.3 Å². The number of aryl methyl sites for hydroxylation is 1. The molecule has 0 aliphatic carbocycles. The quantitative estimate of drug-likeness (QED) is 0.206. The lowest BCUT2D eigenvalue weighted by Crippen LogP contribution is -2.41. The first-order valence-electron chi connectivity index (χ1n) is 15.6. The van der Waals surface area contributed by atoms with E-state index in [-0.39, 0.29) is 42.5 Å². The van der Waals surface area contributed by atoms with E-state index in [2.05, 4.69) is 4.98 Å². The Bertz CT molecular complexity index is 1340. The molecule has 0 amide bonds. The monoisotopic (exact) mass is 611 g/mol. The van der Waals surface area contributed by atoms with Crippen molar-refractivity contribution in [2.45, 2.75) is 116 Å². The maximum absolute atomic E-state index is 13.2. The van der Waals surface area contributed by atoms with Gasteiger partial charge in [-0.15, -0.1) is 0 Å². The SMILES string of the molecule is CC(/C=C/C=C(\C)[C@H](O)[C@H](C)[C@@H]1C[C@H](O)[C@@]2(C)O[C@@H]2/C=C/[C@@H](C)[C@H]2C[C@H](CC(=O)O2)C[C@@H]2O[C@H]2C(=O)O1)=C\c1coc(C)n1. The van der Waals surface area contributed by atoms with Crippen LogP contribution in [0.15, 0.2) is 52.2 Å². The molecule has 10 nitrogen and oxygen atoms in total. The van der Waals surface area contributed by atoms with Gasteiger partial charge >= 0.3 is 11.9 Å². The van der Waals surface area contributed by atoms with Gasteiger partial charge in [0.2, 0.25) is 0 Å². The van der Waals surface area contributed by atoms with E-state index in [9.17, 15) is 19.8 Å². The van der Waals surface area contributed by atoms with Crippen LogP contribution in [0.1, 0.15) is 71.9 Å². The molecule has 5 heterocycles. The molecule has 0 radical (unpaired) electrons. The van der Waals surface area contributed by atoms with Crippen molar-refractivity contribution in [1.82, 2.24) is 4.98 Å². The number of nitrogens with zero attached hydrogens (tertiary/aromatic N) is 1. The van der Waals surface area contributed by atoms with Crippen molar-refractivity contribution in [2.24, 2.45) is 17.8 Å². The van der Waals surface area contributed by atoms with Gasteiger partial charge in [-0.1, -0.05) is 44.2 Å². The number of aliphatic hydroxyl groups is 2. The van der Waals surface area contributed by atoms with E-state index in [0.29, 0.717) is 30.7 Å². The number of aliphatic hydroxyl groups excluding tert-OH is 2. The van der Waals surface area contributed by atoms with Gasteiger partial charge in [0, 0.05) is 31.6 Å². The molecule has 1 aromatic heterocycles. The molecule has 0 aromatic carbocycles. The van der Waals surface area contributed by atoms with Crippen LogP contribution >= 0.6 is 0 Å². The molecule has 0 spiro atoms. The molecular formula is C34H45NO9. The van der Waals surface area contributed by atoms with Crippen LogP contribution in [0.5, 0.6) is 0 Å². The number of carbonyl (C=O) groups is 2. The number of fused-ring (bicyclic) bond motifs is 4. The Labute approximate surface area is 258 Å². The number of oxazole rings is 1. The third kappa shape index (κ3) is 7.59. The minimum Gasteiger partial charge on any atom is -0.462 e. The van der Waals surface area contributed by atoms with Gasteiger partial charge in [-0.3, -0.25) is 4.79 Å². The van der Waals surface area contributed by atoms with E-state index in [4.69, 9.17) is 23.4 Å². The molecule has 2 bridgehead atoms. The van der Waals surface area contributed by atoms with E-state index in [1.807, 2.05) is 64.2 Å². The van der Waals surface area contributed by atoms with Crippen molar-refractivity contribution in [3.63, 3.8) is 0 Å². The third-order valence-corrected chi connectivity index (χ3v) is 9.42. The average Bonchev–Trinajstić information content (AvgIpc) is 3.84.